The fraction of sp³-hybridized carbons (Fsp3) is 0.238. The molecule has 0 radical (unpaired) electrons. The molecule has 0 saturated heterocycles. The van der Waals surface area contributed by atoms with Crippen molar-refractivity contribution in [2.24, 2.45) is 0 Å². The van der Waals surface area contributed by atoms with Crippen LogP contribution in [0.5, 0.6) is 0 Å². The van der Waals surface area contributed by atoms with Crippen LogP contribution < -0.4 is 5.32 Å². The summed E-state index contributed by atoms with van der Waals surface area (Å²) < 4.78 is 0. The van der Waals surface area contributed by atoms with Gasteiger partial charge in [0.1, 0.15) is 6.54 Å². The molecule has 3 amide bonds. The number of nitrogens with one attached hydrogen (secondary N) is 1. The van der Waals surface area contributed by atoms with E-state index < -0.39 is 0 Å². The highest BCUT2D eigenvalue weighted by molar-refractivity contribution is 6.21. The van der Waals surface area contributed by atoms with E-state index in [4.69, 9.17) is 0 Å². The molecule has 1 aromatic heterocycles. The van der Waals surface area contributed by atoms with Gasteiger partial charge in [-0.3, -0.25) is 19.3 Å². The highest BCUT2D eigenvalue weighted by Gasteiger charge is 2.34. The summed E-state index contributed by atoms with van der Waals surface area (Å²) in [5, 5.41) is 14.8. The number of tetrazole rings is 1. The fourth-order valence-electron chi connectivity index (χ4n) is 3.37. The lowest BCUT2D eigenvalue weighted by molar-refractivity contribution is -0.117. The molecule has 0 fully saturated rings. The summed E-state index contributed by atoms with van der Waals surface area (Å²) >= 11 is 0. The number of carbonyl (C=O) groups excluding carboxylic acids is 3. The van der Waals surface area contributed by atoms with E-state index in [1.807, 2.05) is 32.0 Å². The molecule has 1 aliphatic rings. The number of imide groups is 1. The monoisotopic (exact) mass is 404 g/mol. The van der Waals surface area contributed by atoms with E-state index >= 15 is 0 Å². The highest BCUT2D eigenvalue weighted by Crippen LogP contribution is 2.22. The Labute approximate surface area is 172 Å². The SMILES string of the molecule is Cc1ccc(NC(=O)Cn2nnc(CCN3C(=O)c4ccccc4C3=O)n2)c(C)c1. The third-order valence-electron chi connectivity index (χ3n) is 4.87. The molecule has 4 rings (SSSR count). The standard InChI is InChI=1S/C21H20N6O3/c1-13-7-8-17(14(2)11-13)22-19(28)12-27-24-18(23-25-27)9-10-26-20(29)15-5-3-4-6-16(15)21(26)30/h3-8,11H,9-10,12H2,1-2H3,(H,22,28). The zero-order chi connectivity index (χ0) is 21.3. The third-order valence-corrected chi connectivity index (χ3v) is 4.87. The molecule has 3 aromatic rings. The van der Waals surface area contributed by atoms with Crippen molar-refractivity contribution in [3.05, 3.63) is 70.5 Å². The van der Waals surface area contributed by atoms with Crippen LogP contribution in [0.25, 0.3) is 0 Å². The summed E-state index contributed by atoms with van der Waals surface area (Å²) in [6.45, 7) is 3.97. The summed E-state index contributed by atoms with van der Waals surface area (Å²) in [5.74, 6) is -0.566. The summed E-state index contributed by atoms with van der Waals surface area (Å²) in [4.78, 5) is 39.4. The Morgan fingerprint density at radius 3 is 2.40 bits per heavy atom. The number of fused-ring (bicyclic) bond motifs is 1. The van der Waals surface area contributed by atoms with Gasteiger partial charge in [0.15, 0.2) is 5.82 Å². The van der Waals surface area contributed by atoms with Crippen molar-refractivity contribution in [2.45, 2.75) is 26.8 Å². The smallest absolute Gasteiger partial charge is 0.261 e. The van der Waals surface area contributed by atoms with E-state index in [0.29, 0.717) is 17.0 Å². The predicted molar refractivity (Wildman–Crippen MR) is 108 cm³/mol. The number of nitrogens with zero attached hydrogens (tertiary/aromatic N) is 5. The van der Waals surface area contributed by atoms with E-state index in [-0.39, 0.29) is 37.2 Å². The van der Waals surface area contributed by atoms with Crippen LogP contribution in [0.1, 0.15) is 37.7 Å². The predicted octanol–water partition coefficient (Wildman–Crippen LogP) is 1.77. The number of rotatable bonds is 6. The minimum atomic E-state index is -0.323. The largest absolute Gasteiger partial charge is 0.324 e. The van der Waals surface area contributed by atoms with Crippen LogP contribution in [-0.4, -0.2) is 49.4 Å². The van der Waals surface area contributed by atoms with Crippen molar-refractivity contribution < 1.29 is 14.4 Å². The molecule has 9 heteroatoms. The summed E-state index contributed by atoms with van der Waals surface area (Å²) in [5.41, 5.74) is 3.63. The van der Waals surface area contributed by atoms with Crippen LogP contribution in [0, 0.1) is 13.8 Å². The van der Waals surface area contributed by atoms with E-state index in [9.17, 15) is 14.4 Å². The molecule has 1 N–H and O–H groups in total. The molecule has 0 aliphatic carbocycles. The summed E-state index contributed by atoms with van der Waals surface area (Å²) in [7, 11) is 0. The Morgan fingerprint density at radius 2 is 1.73 bits per heavy atom. The Bertz CT molecular complexity index is 1120. The minimum Gasteiger partial charge on any atom is -0.324 e. The molecule has 0 unspecified atom stereocenters. The van der Waals surface area contributed by atoms with Gasteiger partial charge in [-0.1, -0.05) is 29.8 Å². The quantitative estimate of drug-likeness (QED) is 0.627. The molecule has 1 aliphatic heterocycles. The van der Waals surface area contributed by atoms with Gasteiger partial charge in [-0.25, -0.2) is 0 Å². The van der Waals surface area contributed by atoms with Crippen molar-refractivity contribution >= 4 is 23.4 Å². The average Bonchev–Trinajstić information content (AvgIpc) is 3.26. The number of carbonyl (C=O) groups is 3. The highest BCUT2D eigenvalue weighted by atomic mass is 16.2. The first-order chi connectivity index (χ1) is 14.4. The zero-order valence-electron chi connectivity index (χ0n) is 16.6. The fourth-order valence-corrected chi connectivity index (χ4v) is 3.37. The van der Waals surface area contributed by atoms with E-state index in [1.165, 1.54) is 9.70 Å². The molecule has 2 heterocycles. The lowest BCUT2D eigenvalue weighted by Crippen LogP contribution is -2.32. The number of hydrogen-bond acceptors (Lipinski definition) is 6. The minimum absolute atomic E-state index is 0.0899. The van der Waals surface area contributed by atoms with Crippen LogP contribution >= 0.6 is 0 Å². The molecule has 0 bridgehead atoms. The van der Waals surface area contributed by atoms with Crippen molar-refractivity contribution in [1.82, 2.24) is 25.1 Å². The van der Waals surface area contributed by atoms with Crippen LogP contribution in [0.4, 0.5) is 5.69 Å². The van der Waals surface area contributed by atoms with Gasteiger partial charge in [0.25, 0.3) is 11.8 Å². The molecule has 0 atom stereocenters. The topological polar surface area (TPSA) is 110 Å². The normalized spacial score (nSPS) is 12.9. The number of aromatic nitrogens is 4. The van der Waals surface area contributed by atoms with Gasteiger partial charge in [0, 0.05) is 18.7 Å². The van der Waals surface area contributed by atoms with Crippen LogP contribution in [0.15, 0.2) is 42.5 Å². The molecule has 0 spiro atoms. The van der Waals surface area contributed by atoms with Crippen molar-refractivity contribution in [3.8, 4) is 0 Å². The maximum atomic E-state index is 12.4. The summed E-state index contributed by atoms with van der Waals surface area (Å²) in [6, 6.07) is 12.5. The molecule has 152 valence electrons. The lowest BCUT2D eigenvalue weighted by atomic mass is 10.1. The lowest BCUT2D eigenvalue weighted by Gasteiger charge is -2.11. The van der Waals surface area contributed by atoms with Gasteiger partial charge in [0.05, 0.1) is 11.1 Å². The number of anilines is 1. The first-order valence-corrected chi connectivity index (χ1v) is 9.51. The molecular formula is C21H20N6O3. The Morgan fingerprint density at radius 1 is 1.03 bits per heavy atom. The van der Waals surface area contributed by atoms with Crippen molar-refractivity contribution in [2.75, 3.05) is 11.9 Å². The van der Waals surface area contributed by atoms with Crippen molar-refractivity contribution in [1.29, 1.82) is 0 Å². The Hall–Kier alpha value is -3.88. The summed E-state index contributed by atoms with van der Waals surface area (Å²) in [6.07, 6.45) is 0.254. The second kappa shape index (κ2) is 7.86. The average molecular weight is 404 g/mol. The van der Waals surface area contributed by atoms with Gasteiger partial charge in [-0.05, 0) is 42.8 Å². The van der Waals surface area contributed by atoms with Gasteiger partial charge in [0.2, 0.25) is 5.91 Å². The van der Waals surface area contributed by atoms with E-state index in [1.54, 1.807) is 24.3 Å². The van der Waals surface area contributed by atoms with Crippen LogP contribution in [0.2, 0.25) is 0 Å². The maximum absolute atomic E-state index is 12.4. The van der Waals surface area contributed by atoms with Gasteiger partial charge in [-0.15, -0.1) is 10.2 Å². The van der Waals surface area contributed by atoms with Crippen LogP contribution in [-0.2, 0) is 17.8 Å². The first kappa shape index (κ1) is 19.4. The van der Waals surface area contributed by atoms with Crippen LogP contribution in [0.3, 0.4) is 0 Å². The molecular weight excluding hydrogens is 384 g/mol. The van der Waals surface area contributed by atoms with E-state index in [2.05, 4.69) is 20.7 Å². The third kappa shape index (κ3) is 3.82. The number of benzene rings is 2. The Balaban J connectivity index is 1.34. The van der Waals surface area contributed by atoms with E-state index in [0.717, 1.165) is 16.8 Å². The zero-order valence-corrected chi connectivity index (χ0v) is 16.6. The van der Waals surface area contributed by atoms with Gasteiger partial charge in [-0.2, -0.15) is 4.80 Å². The Kier molecular flexibility index (Phi) is 5.09. The van der Waals surface area contributed by atoms with Gasteiger partial charge >= 0.3 is 0 Å². The second-order valence-electron chi connectivity index (χ2n) is 7.16. The van der Waals surface area contributed by atoms with Crippen molar-refractivity contribution in [3.63, 3.8) is 0 Å². The number of amides is 3. The molecule has 30 heavy (non-hydrogen) atoms. The maximum Gasteiger partial charge on any atom is 0.261 e. The first-order valence-electron chi connectivity index (χ1n) is 9.51. The number of aryl methyl sites for hydroxylation is 2. The molecule has 9 nitrogen and oxygen atoms in total. The van der Waals surface area contributed by atoms with Gasteiger partial charge < -0.3 is 5.32 Å². The molecule has 0 saturated carbocycles. The molecule has 2 aromatic carbocycles. The number of hydrogen-bond donors (Lipinski definition) is 1. The second-order valence-corrected chi connectivity index (χ2v) is 7.16.